The van der Waals surface area contributed by atoms with Gasteiger partial charge in [-0.2, -0.15) is 0 Å². The summed E-state index contributed by atoms with van der Waals surface area (Å²) in [7, 11) is 5.22. The van der Waals surface area contributed by atoms with Gasteiger partial charge >= 0.3 is 12.3 Å². The molecule has 0 bridgehead atoms. The molecule has 2 fully saturated rings. The van der Waals surface area contributed by atoms with Crippen LogP contribution in [0, 0.1) is 11.8 Å². The fourth-order valence-corrected chi connectivity index (χ4v) is 4.23. The molecule has 2 aliphatic rings. The molecule has 1 aliphatic carbocycles. The van der Waals surface area contributed by atoms with Crippen LogP contribution in [0.2, 0.25) is 0 Å². The Hall–Kier alpha value is -0.725. The van der Waals surface area contributed by atoms with E-state index in [1.807, 2.05) is 30.4 Å². The van der Waals surface area contributed by atoms with Gasteiger partial charge in [-0.15, -0.1) is 18.2 Å². The third kappa shape index (κ3) is 5.14. The number of benzene rings is 1. The zero-order chi connectivity index (χ0) is 17.8. The number of ether oxygens (including phenoxy) is 1. The second kappa shape index (κ2) is 8.78. The van der Waals surface area contributed by atoms with Gasteiger partial charge in [-0.25, -0.2) is 0 Å². The number of aryl methyl sites for hydroxylation is 1. The molecule has 7 atom stereocenters. The van der Waals surface area contributed by atoms with Gasteiger partial charge < -0.3 is 14.5 Å². The molecule has 0 aromatic heterocycles. The maximum absolute atomic E-state index is 11.6. The van der Waals surface area contributed by atoms with E-state index in [2.05, 4.69) is 30.4 Å². The molecule has 0 radical (unpaired) electrons. The second-order valence-electron chi connectivity index (χ2n) is 6.83. The van der Waals surface area contributed by atoms with Crippen LogP contribution in [-0.2, 0) is 20.6 Å². The van der Waals surface area contributed by atoms with Crippen LogP contribution in [0.1, 0.15) is 24.8 Å². The Labute approximate surface area is 154 Å². The number of aliphatic hydroxyl groups is 1. The molecule has 3 unspecified atom stereocenters. The van der Waals surface area contributed by atoms with Crippen molar-refractivity contribution in [1.29, 1.82) is 0 Å². The minimum atomic E-state index is -0.499. The molecule has 1 aromatic rings. The van der Waals surface area contributed by atoms with Gasteiger partial charge in [0.2, 0.25) is 0 Å². The summed E-state index contributed by atoms with van der Waals surface area (Å²) in [6.07, 6.45) is 6.01. The number of aliphatic hydroxyl groups excluding tert-OH is 1. The minimum Gasteiger partial charge on any atom is -0.462 e. The minimum absolute atomic E-state index is 0.0145. The molecular weight excluding hydrogens is 353 g/mol. The van der Waals surface area contributed by atoms with Crippen molar-refractivity contribution in [2.45, 2.75) is 44.0 Å². The van der Waals surface area contributed by atoms with Crippen molar-refractivity contribution in [1.82, 2.24) is 0 Å². The van der Waals surface area contributed by atoms with Crippen LogP contribution in [0.15, 0.2) is 42.5 Å². The zero-order valence-electron chi connectivity index (χ0n) is 14.2. The van der Waals surface area contributed by atoms with Crippen molar-refractivity contribution in [3.8, 4) is 0 Å². The summed E-state index contributed by atoms with van der Waals surface area (Å²) in [5.74, 6) is 0.139. The topological polar surface area (TPSA) is 55.8 Å². The first-order chi connectivity index (χ1) is 12.0. The van der Waals surface area contributed by atoms with Crippen molar-refractivity contribution in [2.75, 3.05) is 0 Å². The highest BCUT2D eigenvalue weighted by molar-refractivity contribution is 7.92. The molecule has 0 amide bonds. The average molecular weight is 378 g/mol. The Morgan fingerprint density at radius 1 is 1.36 bits per heavy atom. The van der Waals surface area contributed by atoms with Gasteiger partial charge in [0.05, 0.1) is 18.6 Å². The van der Waals surface area contributed by atoms with Crippen LogP contribution in [0.4, 0.5) is 0 Å². The third-order valence-electron chi connectivity index (χ3n) is 5.01. The molecule has 1 saturated carbocycles. The molecule has 0 spiro atoms. The smallest absolute Gasteiger partial charge is 0.336 e. The van der Waals surface area contributed by atoms with Crippen LogP contribution >= 0.6 is 18.2 Å². The molecule has 3 rings (SSSR count). The van der Waals surface area contributed by atoms with E-state index in [1.54, 1.807) is 0 Å². The zero-order valence-corrected chi connectivity index (χ0v) is 16.5. The SMILES string of the molecule is O=C1C[C@H]2C(C[C@@H](OB(P)P)[C@@H]2/C=C/[C@@H](O)CCc2ccccc2)O1. The molecule has 1 heterocycles. The first-order valence-corrected chi connectivity index (χ1v) is 10.1. The first kappa shape index (κ1) is 19.0. The summed E-state index contributed by atoms with van der Waals surface area (Å²) in [6, 6.07) is 10.2. The van der Waals surface area contributed by atoms with Crippen LogP contribution < -0.4 is 0 Å². The van der Waals surface area contributed by atoms with E-state index in [-0.39, 0.29) is 36.4 Å². The summed E-state index contributed by atoms with van der Waals surface area (Å²) in [5.41, 5.74) is 1.22. The van der Waals surface area contributed by atoms with Gasteiger partial charge in [-0.1, -0.05) is 42.5 Å². The summed E-state index contributed by atoms with van der Waals surface area (Å²) in [6.45, 7) is 0. The summed E-state index contributed by atoms with van der Waals surface area (Å²) in [4.78, 5) is 11.6. The summed E-state index contributed by atoms with van der Waals surface area (Å²) in [5, 5.41) is 10.3. The monoisotopic (exact) mass is 378 g/mol. The van der Waals surface area contributed by atoms with Gasteiger partial charge in [-0.3, -0.25) is 4.79 Å². The first-order valence-electron chi connectivity index (χ1n) is 8.79. The predicted molar refractivity (Wildman–Crippen MR) is 106 cm³/mol. The number of esters is 1. The lowest BCUT2D eigenvalue weighted by Gasteiger charge is -2.22. The maximum atomic E-state index is 11.6. The highest BCUT2D eigenvalue weighted by atomic mass is 31.1. The number of carbonyl (C=O) groups is 1. The highest BCUT2D eigenvalue weighted by Gasteiger charge is 2.49. The Balaban J connectivity index is 1.59. The van der Waals surface area contributed by atoms with Crippen molar-refractivity contribution in [3.63, 3.8) is 0 Å². The van der Waals surface area contributed by atoms with Crippen molar-refractivity contribution in [3.05, 3.63) is 48.0 Å². The fraction of sp³-hybridized carbons (Fsp3) is 0.500. The van der Waals surface area contributed by atoms with Crippen molar-refractivity contribution in [2.24, 2.45) is 11.8 Å². The summed E-state index contributed by atoms with van der Waals surface area (Å²) >= 11 is 0. The van der Waals surface area contributed by atoms with E-state index in [4.69, 9.17) is 9.39 Å². The molecular formula is C18H25BO4P2. The van der Waals surface area contributed by atoms with Crippen LogP contribution in [0.25, 0.3) is 0 Å². The van der Waals surface area contributed by atoms with E-state index in [0.717, 1.165) is 12.8 Å². The van der Waals surface area contributed by atoms with Crippen molar-refractivity contribution < 1.29 is 19.3 Å². The van der Waals surface area contributed by atoms with Gasteiger partial charge in [0.1, 0.15) is 6.10 Å². The van der Waals surface area contributed by atoms with E-state index < -0.39 is 6.10 Å². The van der Waals surface area contributed by atoms with Gasteiger partial charge in [0, 0.05) is 18.3 Å². The lowest BCUT2D eigenvalue weighted by Crippen LogP contribution is -2.24. The van der Waals surface area contributed by atoms with E-state index in [1.165, 1.54) is 5.56 Å². The molecule has 1 saturated heterocycles. The number of fused-ring (bicyclic) bond motifs is 1. The fourth-order valence-electron chi connectivity index (χ4n) is 3.82. The number of rotatable bonds is 7. The Morgan fingerprint density at radius 2 is 2.12 bits per heavy atom. The maximum Gasteiger partial charge on any atom is 0.336 e. The Morgan fingerprint density at radius 3 is 2.84 bits per heavy atom. The Bertz CT molecular complexity index is 610. The van der Waals surface area contributed by atoms with E-state index in [0.29, 0.717) is 12.8 Å². The molecule has 1 aromatic carbocycles. The van der Waals surface area contributed by atoms with Crippen LogP contribution in [-0.4, -0.2) is 35.7 Å². The average Bonchev–Trinajstić information content (AvgIpc) is 3.07. The number of hydrogen-bond acceptors (Lipinski definition) is 4. The van der Waals surface area contributed by atoms with Gasteiger partial charge in [0.25, 0.3) is 0 Å². The lowest BCUT2D eigenvalue weighted by atomic mass is 9.91. The molecule has 7 heteroatoms. The molecule has 4 nitrogen and oxygen atoms in total. The summed E-state index contributed by atoms with van der Waals surface area (Å²) < 4.78 is 11.4. The quantitative estimate of drug-likeness (QED) is 0.343. The third-order valence-corrected chi connectivity index (χ3v) is 5.32. The number of hydrogen-bond donors (Lipinski definition) is 1. The van der Waals surface area contributed by atoms with Gasteiger partial charge in [-0.05, 0) is 18.4 Å². The lowest BCUT2D eigenvalue weighted by molar-refractivity contribution is -0.141. The van der Waals surface area contributed by atoms with E-state index >= 15 is 0 Å². The standard InChI is InChI=1S/C18H25BO4P2/c20-13(7-6-12-4-2-1-3-5-12)8-9-14-15-10-18(21)22-16(15)11-17(14)23-19(24)25/h1-5,8-9,13-17,20H,6-7,10-11,24-25H2/b9-8+/t13-,14+,15+,16?,17+/m0/s1. The largest absolute Gasteiger partial charge is 0.462 e. The molecule has 1 N–H and O–H groups in total. The van der Waals surface area contributed by atoms with E-state index in [9.17, 15) is 9.90 Å². The molecule has 1 aliphatic heterocycles. The number of carbonyl (C=O) groups excluding carboxylic acids is 1. The van der Waals surface area contributed by atoms with Crippen LogP contribution in [0.5, 0.6) is 0 Å². The highest BCUT2D eigenvalue weighted by Crippen LogP contribution is 2.44. The molecule has 134 valence electrons. The normalized spacial score (nSPS) is 29.6. The Kier molecular flexibility index (Phi) is 6.69. The predicted octanol–water partition coefficient (Wildman–Crippen LogP) is 2.61. The second-order valence-corrected chi connectivity index (χ2v) is 8.91. The van der Waals surface area contributed by atoms with Crippen molar-refractivity contribution >= 4 is 30.6 Å². The molecule has 25 heavy (non-hydrogen) atoms. The van der Waals surface area contributed by atoms with Crippen LogP contribution in [0.3, 0.4) is 0 Å². The van der Waals surface area contributed by atoms with Gasteiger partial charge in [0.15, 0.2) is 0 Å².